The average molecular weight is 448 g/mol. The van der Waals surface area contributed by atoms with E-state index in [9.17, 15) is 0 Å². The Hall–Kier alpha value is -2.54. The van der Waals surface area contributed by atoms with Crippen molar-refractivity contribution in [3.63, 3.8) is 0 Å². The third-order valence-corrected chi connectivity index (χ3v) is 6.76. The number of aromatic nitrogens is 3. The first-order valence-electron chi connectivity index (χ1n) is 12.0. The van der Waals surface area contributed by atoms with Crippen LogP contribution in [0.15, 0.2) is 48.9 Å². The van der Waals surface area contributed by atoms with Crippen molar-refractivity contribution < 1.29 is 4.74 Å². The molecule has 0 saturated carbocycles. The topological polar surface area (TPSA) is 57.3 Å². The number of hydrogen-bond acceptors (Lipinski definition) is 5. The summed E-state index contributed by atoms with van der Waals surface area (Å²) in [5.41, 5.74) is 7.50. The number of methoxy groups -OCH3 is 1. The lowest BCUT2D eigenvalue weighted by atomic mass is 9.95. The van der Waals surface area contributed by atoms with E-state index in [2.05, 4.69) is 69.2 Å². The van der Waals surface area contributed by atoms with Crippen LogP contribution >= 0.6 is 0 Å². The third-order valence-electron chi connectivity index (χ3n) is 6.76. The van der Waals surface area contributed by atoms with E-state index >= 15 is 0 Å². The van der Waals surface area contributed by atoms with Gasteiger partial charge in [-0.05, 0) is 75.0 Å². The number of rotatable bonds is 10. The lowest BCUT2D eigenvalue weighted by Gasteiger charge is -2.35. The molecule has 3 aromatic rings. The maximum atomic E-state index is 5.26. The Balaban J connectivity index is 1.48. The van der Waals surface area contributed by atoms with E-state index in [1.54, 1.807) is 7.11 Å². The number of piperidine rings is 1. The predicted octanol–water partition coefficient (Wildman–Crippen LogP) is 4.45. The van der Waals surface area contributed by atoms with E-state index in [0.29, 0.717) is 5.92 Å². The van der Waals surface area contributed by atoms with Gasteiger partial charge in [-0.15, -0.1) is 0 Å². The van der Waals surface area contributed by atoms with Crippen molar-refractivity contribution in [3.8, 4) is 11.3 Å². The number of H-pyrrole nitrogens is 1. The summed E-state index contributed by atoms with van der Waals surface area (Å²) in [4.78, 5) is 9.32. The van der Waals surface area contributed by atoms with Crippen LogP contribution < -0.4 is 0 Å². The van der Waals surface area contributed by atoms with Crippen LogP contribution in [0.3, 0.4) is 0 Å². The molecule has 1 N–H and O–H groups in total. The molecule has 0 unspecified atom stereocenters. The van der Waals surface area contributed by atoms with Gasteiger partial charge >= 0.3 is 0 Å². The van der Waals surface area contributed by atoms with Gasteiger partial charge in [0.1, 0.15) is 0 Å². The molecule has 2 aromatic heterocycles. The van der Waals surface area contributed by atoms with E-state index in [1.165, 1.54) is 40.7 Å². The van der Waals surface area contributed by atoms with E-state index in [4.69, 9.17) is 4.74 Å². The van der Waals surface area contributed by atoms with Gasteiger partial charge in [0.25, 0.3) is 0 Å². The molecule has 0 aliphatic carbocycles. The maximum Gasteiger partial charge on any atom is 0.0698 e. The zero-order chi connectivity index (χ0) is 23.0. The molecule has 0 bridgehead atoms. The highest BCUT2D eigenvalue weighted by atomic mass is 16.5. The van der Waals surface area contributed by atoms with Gasteiger partial charge in [0.2, 0.25) is 0 Å². The van der Waals surface area contributed by atoms with Gasteiger partial charge in [-0.2, -0.15) is 5.10 Å². The second kappa shape index (κ2) is 11.5. The average Bonchev–Trinajstić information content (AvgIpc) is 3.28. The minimum Gasteiger partial charge on any atom is -0.383 e. The number of aromatic amines is 1. The molecule has 1 aliphatic rings. The highest BCUT2D eigenvalue weighted by Crippen LogP contribution is 2.28. The molecular formula is C27H37N5O. The lowest BCUT2D eigenvalue weighted by molar-refractivity contribution is 0.104. The van der Waals surface area contributed by atoms with Crippen molar-refractivity contribution in [1.82, 2.24) is 25.0 Å². The van der Waals surface area contributed by atoms with Crippen LogP contribution in [0.5, 0.6) is 0 Å². The van der Waals surface area contributed by atoms with E-state index < -0.39 is 0 Å². The monoisotopic (exact) mass is 447 g/mol. The van der Waals surface area contributed by atoms with Crippen LogP contribution in [0.4, 0.5) is 0 Å². The highest BCUT2D eigenvalue weighted by Gasteiger charge is 2.23. The zero-order valence-electron chi connectivity index (χ0n) is 20.3. The Kier molecular flexibility index (Phi) is 8.26. The molecule has 1 aliphatic heterocycles. The van der Waals surface area contributed by atoms with Crippen LogP contribution in [0.1, 0.15) is 35.1 Å². The lowest BCUT2D eigenvalue weighted by Crippen LogP contribution is -2.39. The molecule has 1 saturated heterocycles. The SMILES string of the molecule is COCCN1CCC(CN(Cc2ccncc2)Cc2cn[nH]c2-c2cc(C)ccc2C)CC1. The van der Waals surface area contributed by atoms with Crippen LogP contribution in [0.25, 0.3) is 11.3 Å². The Labute approximate surface area is 198 Å². The third kappa shape index (κ3) is 6.50. The zero-order valence-corrected chi connectivity index (χ0v) is 20.3. The molecule has 6 heteroatoms. The standard InChI is InChI=1S/C27H37N5O/c1-21-4-5-22(2)26(16-21)27-25(17-29-30-27)20-32(18-23-6-10-28-11-7-23)19-24-8-12-31(13-9-24)14-15-33-3/h4-7,10-11,16-17,24H,8-9,12-15,18-20H2,1-3H3,(H,29,30). The van der Waals surface area contributed by atoms with E-state index in [1.807, 2.05) is 18.6 Å². The number of hydrogen-bond donors (Lipinski definition) is 1. The smallest absolute Gasteiger partial charge is 0.0698 e. The first-order chi connectivity index (χ1) is 16.1. The normalized spacial score (nSPS) is 15.4. The molecule has 3 heterocycles. The molecular weight excluding hydrogens is 410 g/mol. The fourth-order valence-corrected chi connectivity index (χ4v) is 4.82. The Morgan fingerprint density at radius 2 is 1.88 bits per heavy atom. The van der Waals surface area contributed by atoms with Gasteiger partial charge in [0.15, 0.2) is 0 Å². The number of pyridine rings is 1. The maximum absolute atomic E-state index is 5.26. The van der Waals surface area contributed by atoms with Crippen molar-refractivity contribution >= 4 is 0 Å². The largest absolute Gasteiger partial charge is 0.383 e. The molecule has 0 spiro atoms. The van der Waals surface area contributed by atoms with Crippen molar-refractivity contribution in [3.05, 3.63) is 71.2 Å². The summed E-state index contributed by atoms with van der Waals surface area (Å²) in [6.07, 6.45) is 8.27. The van der Waals surface area contributed by atoms with E-state index in [0.717, 1.165) is 51.6 Å². The van der Waals surface area contributed by atoms with Crippen LogP contribution in [0, 0.1) is 19.8 Å². The van der Waals surface area contributed by atoms with Gasteiger partial charge in [0, 0.05) is 56.8 Å². The summed E-state index contributed by atoms with van der Waals surface area (Å²) in [7, 11) is 1.78. The quantitative estimate of drug-likeness (QED) is 0.498. The first kappa shape index (κ1) is 23.6. The van der Waals surface area contributed by atoms with Gasteiger partial charge in [0.05, 0.1) is 18.5 Å². The van der Waals surface area contributed by atoms with Crippen molar-refractivity contribution in [1.29, 1.82) is 0 Å². The summed E-state index contributed by atoms with van der Waals surface area (Å²) in [6, 6.07) is 10.9. The minimum absolute atomic E-state index is 0.710. The number of nitrogens with zero attached hydrogens (tertiary/aromatic N) is 4. The fourth-order valence-electron chi connectivity index (χ4n) is 4.82. The predicted molar refractivity (Wildman–Crippen MR) is 133 cm³/mol. The molecule has 1 fully saturated rings. The van der Waals surface area contributed by atoms with Gasteiger partial charge in [-0.3, -0.25) is 15.0 Å². The van der Waals surface area contributed by atoms with Crippen LogP contribution in [-0.4, -0.2) is 64.9 Å². The van der Waals surface area contributed by atoms with Gasteiger partial charge in [-0.25, -0.2) is 0 Å². The summed E-state index contributed by atoms with van der Waals surface area (Å²) in [6.45, 7) is 11.4. The van der Waals surface area contributed by atoms with Crippen molar-refractivity contribution in [2.45, 2.75) is 39.8 Å². The van der Waals surface area contributed by atoms with E-state index in [-0.39, 0.29) is 0 Å². The number of benzene rings is 1. The second-order valence-electron chi connectivity index (χ2n) is 9.39. The Morgan fingerprint density at radius 1 is 1.09 bits per heavy atom. The van der Waals surface area contributed by atoms with Crippen LogP contribution in [-0.2, 0) is 17.8 Å². The number of nitrogens with one attached hydrogen (secondary N) is 1. The molecule has 6 nitrogen and oxygen atoms in total. The van der Waals surface area contributed by atoms with Crippen molar-refractivity contribution in [2.75, 3.05) is 39.9 Å². The van der Waals surface area contributed by atoms with Crippen molar-refractivity contribution in [2.24, 2.45) is 5.92 Å². The first-order valence-corrected chi connectivity index (χ1v) is 12.0. The number of likely N-dealkylation sites (tertiary alicyclic amines) is 1. The number of ether oxygens (including phenoxy) is 1. The fraction of sp³-hybridized carbons (Fsp3) is 0.481. The summed E-state index contributed by atoms with van der Waals surface area (Å²) >= 11 is 0. The van der Waals surface area contributed by atoms with Gasteiger partial charge in [-0.1, -0.05) is 17.7 Å². The molecule has 0 amide bonds. The highest BCUT2D eigenvalue weighted by molar-refractivity contribution is 5.67. The summed E-state index contributed by atoms with van der Waals surface area (Å²) in [5, 5.41) is 7.72. The molecule has 1 aromatic carbocycles. The van der Waals surface area contributed by atoms with Crippen LogP contribution in [0.2, 0.25) is 0 Å². The summed E-state index contributed by atoms with van der Waals surface area (Å²) < 4.78 is 5.26. The second-order valence-corrected chi connectivity index (χ2v) is 9.39. The molecule has 0 radical (unpaired) electrons. The molecule has 176 valence electrons. The molecule has 4 rings (SSSR count). The van der Waals surface area contributed by atoms with Gasteiger partial charge < -0.3 is 9.64 Å². The summed E-state index contributed by atoms with van der Waals surface area (Å²) in [5.74, 6) is 0.710. The Bertz CT molecular complexity index is 995. The molecule has 0 atom stereocenters. The number of aryl methyl sites for hydroxylation is 2. The molecule has 33 heavy (non-hydrogen) atoms. The Morgan fingerprint density at radius 3 is 2.64 bits per heavy atom. The minimum atomic E-state index is 0.710.